The van der Waals surface area contributed by atoms with Gasteiger partial charge < -0.3 is 5.11 Å². The van der Waals surface area contributed by atoms with Gasteiger partial charge in [0.2, 0.25) is 0 Å². The molecule has 1 unspecified atom stereocenters. The molecule has 0 fully saturated rings. The Morgan fingerprint density at radius 3 is 2.17 bits per heavy atom. The van der Waals surface area contributed by atoms with Gasteiger partial charge in [-0.25, -0.2) is 4.79 Å². The number of rotatable bonds is 4. The third-order valence-corrected chi connectivity index (χ3v) is 4.23. The first kappa shape index (κ1) is 15.4. The fourth-order valence-electron chi connectivity index (χ4n) is 2.67. The SMILES string of the molecule is O=C(O)C(Cc1cccc(Br)c1)N1C(=O)c2ccccc2C1=O. The summed E-state index contributed by atoms with van der Waals surface area (Å²) in [7, 11) is 0. The van der Waals surface area contributed by atoms with Crippen LogP contribution in [0.15, 0.2) is 53.0 Å². The van der Waals surface area contributed by atoms with Gasteiger partial charge in [0, 0.05) is 10.9 Å². The molecule has 0 aromatic heterocycles. The Balaban J connectivity index is 1.95. The summed E-state index contributed by atoms with van der Waals surface area (Å²) in [5.74, 6) is -2.33. The number of hydrogen-bond donors (Lipinski definition) is 1. The summed E-state index contributed by atoms with van der Waals surface area (Å²) in [6.07, 6.45) is 0.0558. The van der Waals surface area contributed by atoms with Crippen molar-refractivity contribution in [1.82, 2.24) is 4.90 Å². The van der Waals surface area contributed by atoms with E-state index in [0.717, 1.165) is 14.9 Å². The van der Waals surface area contributed by atoms with Crippen molar-refractivity contribution < 1.29 is 19.5 Å². The fraction of sp³-hybridized carbons (Fsp3) is 0.118. The molecule has 0 saturated carbocycles. The van der Waals surface area contributed by atoms with Crippen molar-refractivity contribution in [2.75, 3.05) is 0 Å². The molecule has 0 radical (unpaired) electrons. The third-order valence-electron chi connectivity index (χ3n) is 3.74. The summed E-state index contributed by atoms with van der Waals surface area (Å²) in [6, 6.07) is 12.3. The zero-order valence-electron chi connectivity index (χ0n) is 11.9. The van der Waals surface area contributed by atoms with E-state index in [0.29, 0.717) is 0 Å². The molecule has 3 rings (SSSR count). The van der Waals surface area contributed by atoms with Crippen molar-refractivity contribution in [2.24, 2.45) is 0 Å². The first-order valence-electron chi connectivity index (χ1n) is 6.93. The number of hydrogen-bond acceptors (Lipinski definition) is 3. The van der Waals surface area contributed by atoms with Crippen molar-refractivity contribution in [1.29, 1.82) is 0 Å². The second-order valence-corrected chi connectivity index (χ2v) is 6.13. The number of imide groups is 1. The number of carbonyl (C=O) groups is 3. The average Bonchev–Trinajstić information content (AvgIpc) is 2.77. The largest absolute Gasteiger partial charge is 0.480 e. The van der Waals surface area contributed by atoms with Gasteiger partial charge in [-0.2, -0.15) is 0 Å². The minimum atomic E-state index is -1.24. The van der Waals surface area contributed by atoms with Crippen LogP contribution in [0.4, 0.5) is 0 Å². The van der Waals surface area contributed by atoms with E-state index in [1.54, 1.807) is 30.3 Å². The maximum absolute atomic E-state index is 12.4. The highest BCUT2D eigenvalue weighted by Gasteiger charge is 2.42. The predicted octanol–water partition coefficient (Wildman–Crippen LogP) is 2.74. The Hall–Kier alpha value is -2.47. The van der Waals surface area contributed by atoms with E-state index < -0.39 is 23.8 Å². The molecule has 0 spiro atoms. The molecule has 0 bridgehead atoms. The smallest absolute Gasteiger partial charge is 0.327 e. The van der Waals surface area contributed by atoms with Crippen molar-refractivity contribution in [3.05, 3.63) is 69.7 Å². The molecule has 6 heteroatoms. The quantitative estimate of drug-likeness (QED) is 0.836. The van der Waals surface area contributed by atoms with Gasteiger partial charge in [0.25, 0.3) is 11.8 Å². The van der Waals surface area contributed by atoms with E-state index in [1.165, 1.54) is 12.1 Å². The summed E-state index contributed by atoms with van der Waals surface area (Å²) >= 11 is 3.32. The molecule has 1 N–H and O–H groups in total. The number of amides is 2. The fourth-order valence-corrected chi connectivity index (χ4v) is 3.11. The summed E-state index contributed by atoms with van der Waals surface area (Å²) < 4.78 is 0.807. The van der Waals surface area contributed by atoms with Gasteiger partial charge in [0.15, 0.2) is 0 Å². The highest BCUT2D eigenvalue weighted by Crippen LogP contribution is 2.26. The Labute approximate surface area is 140 Å². The average molecular weight is 374 g/mol. The van der Waals surface area contributed by atoms with Crippen LogP contribution in [-0.4, -0.2) is 33.8 Å². The molecule has 2 amide bonds. The van der Waals surface area contributed by atoms with E-state index in [-0.39, 0.29) is 17.5 Å². The lowest BCUT2D eigenvalue weighted by Crippen LogP contribution is -2.46. The second-order valence-electron chi connectivity index (χ2n) is 5.21. The van der Waals surface area contributed by atoms with E-state index in [2.05, 4.69) is 15.9 Å². The van der Waals surface area contributed by atoms with Crippen molar-refractivity contribution in [3.8, 4) is 0 Å². The van der Waals surface area contributed by atoms with Crippen molar-refractivity contribution in [2.45, 2.75) is 12.5 Å². The van der Waals surface area contributed by atoms with Crippen LogP contribution in [0.25, 0.3) is 0 Å². The number of aliphatic carboxylic acids is 1. The number of carbonyl (C=O) groups excluding carboxylic acids is 2. The molecule has 1 heterocycles. The molecule has 2 aromatic carbocycles. The number of nitrogens with zero attached hydrogens (tertiary/aromatic N) is 1. The van der Waals surface area contributed by atoms with Crippen LogP contribution in [0, 0.1) is 0 Å². The van der Waals surface area contributed by atoms with Crippen LogP contribution in [-0.2, 0) is 11.2 Å². The molecule has 0 aliphatic carbocycles. The number of halogens is 1. The highest BCUT2D eigenvalue weighted by atomic mass is 79.9. The van der Waals surface area contributed by atoms with Gasteiger partial charge in [-0.15, -0.1) is 0 Å². The summed E-state index contributed by atoms with van der Waals surface area (Å²) in [5.41, 5.74) is 1.22. The van der Waals surface area contributed by atoms with Crippen LogP contribution < -0.4 is 0 Å². The molecule has 2 aromatic rings. The van der Waals surface area contributed by atoms with Gasteiger partial charge in [-0.05, 0) is 29.8 Å². The summed E-state index contributed by atoms with van der Waals surface area (Å²) in [5, 5.41) is 9.52. The van der Waals surface area contributed by atoms with E-state index in [1.807, 2.05) is 6.07 Å². The number of benzene rings is 2. The summed E-state index contributed by atoms with van der Waals surface area (Å²) in [4.78, 5) is 37.4. The molecular formula is C17H12BrNO4. The Kier molecular flexibility index (Phi) is 4.00. The van der Waals surface area contributed by atoms with E-state index in [4.69, 9.17) is 0 Å². The second kappa shape index (κ2) is 5.96. The summed E-state index contributed by atoms with van der Waals surface area (Å²) in [6.45, 7) is 0. The Morgan fingerprint density at radius 2 is 1.65 bits per heavy atom. The molecule has 23 heavy (non-hydrogen) atoms. The normalized spacial score (nSPS) is 14.7. The van der Waals surface area contributed by atoms with E-state index in [9.17, 15) is 19.5 Å². The molecule has 1 aliphatic heterocycles. The molecule has 1 aliphatic rings. The number of carboxylic acids is 1. The van der Waals surface area contributed by atoms with Gasteiger partial charge >= 0.3 is 5.97 Å². The van der Waals surface area contributed by atoms with Crippen molar-refractivity contribution >= 4 is 33.7 Å². The number of carboxylic acid groups (broad SMARTS) is 1. The lowest BCUT2D eigenvalue weighted by molar-refractivity contribution is -0.141. The first-order chi connectivity index (χ1) is 11.0. The highest BCUT2D eigenvalue weighted by molar-refractivity contribution is 9.10. The number of fused-ring (bicyclic) bond motifs is 1. The minimum Gasteiger partial charge on any atom is -0.480 e. The minimum absolute atomic E-state index is 0.0558. The van der Waals surface area contributed by atoms with Gasteiger partial charge in [0.1, 0.15) is 6.04 Å². The van der Waals surface area contributed by atoms with Gasteiger partial charge in [-0.1, -0.05) is 40.2 Å². The van der Waals surface area contributed by atoms with Crippen LogP contribution in [0.1, 0.15) is 26.3 Å². The zero-order chi connectivity index (χ0) is 16.6. The van der Waals surface area contributed by atoms with Crippen molar-refractivity contribution in [3.63, 3.8) is 0 Å². The maximum Gasteiger partial charge on any atom is 0.327 e. The Bertz CT molecular complexity index is 783. The third kappa shape index (κ3) is 2.77. The molecular weight excluding hydrogens is 362 g/mol. The van der Waals surface area contributed by atoms with Crippen LogP contribution in [0.2, 0.25) is 0 Å². The van der Waals surface area contributed by atoms with Gasteiger partial charge in [-0.3, -0.25) is 14.5 Å². The lowest BCUT2D eigenvalue weighted by Gasteiger charge is -2.22. The molecule has 0 saturated heterocycles. The standard InChI is InChI=1S/C17H12BrNO4/c18-11-5-3-4-10(8-11)9-14(17(22)23)19-15(20)12-6-1-2-7-13(12)16(19)21/h1-8,14H,9H2,(H,22,23). The van der Waals surface area contributed by atoms with Crippen LogP contribution >= 0.6 is 15.9 Å². The zero-order valence-corrected chi connectivity index (χ0v) is 13.5. The van der Waals surface area contributed by atoms with Crippen LogP contribution in [0.5, 0.6) is 0 Å². The Morgan fingerprint density at radius 1 is 1.04 bits per heavy atom. The molecule has 5 nitrogen and oxygen atoms in total. The van der Waals surface area contributed by atoms with Crippen LogP contribution in [0.3, 0.4) is 0 Å². The first-order valence-corrected chi connectivity index (χ1v) is 7.72. The predicted molar refractivity (Wildman–Crippen MR) is 86.2 cm³/mol. The van der Waals surface area contributed by atoms with E-state index >= 15 is 0 Å². The maximum atomic E-state index is 12.4. The topological polar surface area (TPSA) is 74.7 Å². The van der Waals surface area contributed by atoms with Gasteiger partial charge in [0.05, 0.1) is 11.1 Å². The monoisotopic (exact) mass is 373 g/mol. The lowest BCUT2D eigenvalue weighted by atomic mass is 10.0. The molecule has 116 valence electrons. The molecule has 1 atom stereocenters.